The summed E-state index contributed by atoms with van der Waals surface area (Å²) in [5.41, 5.74) is 0. The second-order valence-electron chi connectivity index (χ2n) is 5.31. The minimum Gasteiger partial charge on any atom is -0.492 e. The van der Waals surface area contributed by atoms with Crippen molar-refractivity contribution in [2.45, 2.75) is 6.42 Å². The summed E-state index contributed by atoms with van der Waals surface area (Å²) in [4.78, 5) is 14.2. The molecule has 1 heterocycles. The molecule has 1 aliphatic heterocycles. The zero-order chi connectivity index (χ0) is 15.8. The van der Waals surface area contributed by atoms with Crippen LogP contribution in [0.4, 0.5) is 4.39 Å². The maximum atomic E-state index is 12.8. The summed E-state index contributed by atoms with van der Waals surface area (Å²) in [6.45, 7) is 3.56. The lowest BCUT2D eigenvalue weighted by Gasteiger charge is -2.25. The number of benzene rings is 1. The van der Waals surface area contributed by atoms with Crippen LogP contribution in [-0.4, -0.2) is 57.3 Å². The summed E-state index contributed by atoms with van der Waals surface area (Å²) in [6, 6.07) is 5.87. The fraction of sp³-hybridized carbons (Fsp3) is 0.562. The predicted molar refractivity (Wildman–Crippen MR) is 81.3 cm³/mol. The Hall–Kier alpha value is -1.66. The fourth-order valence-electron chi connectivity index (χ4n) is 2.46. The Morgan fingerprint density at radius 2 is 2.05 bits per heavy atom. The van der Waals surface area contributed by atoms with Gasteiger partial charge in [0.1, 0.15) is 18.2 Å². The lowest BCUT2D eigenvalue weighted by atomic mass is 10.1. The van der Waals surface area contributed by atoms with Crippen molar-refractivity contribution in [1.29, 1.82) is 0 Å². The number of hydrogen-bond donors (Lipinski definition) is 1. The first kappa shape index (κ1) is 16.7. The van der Waals surface area contributed by atoms with Gasteiger partial charge in [-0.2, -0.15) is 0 Å². The topological polar surface area (TPSA) is 50.8 Å². The summed E-state index contributed by atoms with van der Waals surface area (Å²) in [7, 11) is 1.62. The standard InChI is InChI=1S/C16H23FN2O3/c1-21-10-8-19(16(20)13-6-7-18-12-13)9-11-22-15-4-2-14(17)3-5-15/h2-5,13,18H,6-12H2,1H3. The smallest absolute Gasteiger partial charge is 0.227 e. The fourth-order valence-corrected chi connectivity index (χ4v) is 2.46. The van der Waals surface area contributed by atoms with E-state index >= 15 is 0 Å². The molecule has 1 atom stereocenters. The molecule has 1 unspecified atom stereocenters. The Balaban J connectivity index is 1.83. The van der Waals surface area contributed by atoms with E-state index in [2.05, 4.69) is 5.32 Å². The molecule has 1 aromatic rings. The van der Waals surface area contributed by atoms with Crippen LogP contribution in [0.2, 0.25) is 0 Å². The minimum absolute atomic E-state index is 0.0441. The first-order valence-corrected chi connectivity index (χ1v) is 7.57. The average Bonchev–Trinajstić information content (AvgIpc) is 3.06. The van der Waals surface area contributed by atoms with E-state index in [1.165, 1.54) is 12.1 Å². The van der Waals surface area contributed by atoms with Gasteiger partial charge in [-0.25, -0.2) is 4.39 Å². The Kier molecular flexibility index (Phi) is 6.61. The normalized spacial score (nSPS) is 17.5. The van der Waals surface area contributed by atoms with E-state index in [1.54, 1.807) is 24.1 Å². The van der Waals surface area contributed by atoms with Crippen molar-refractivity contribution in [2.75, 3.05) is 46.5 Å². The van der Waals surface area contributed by atoms with Gasteiger partial charge < -0.3 is 19.7 Å². The molecule has 0 saturated carbocycles. The van der Waals surface area contributed by atoms with E-state index in [0.717, 1.165) is 19.5 Å². The number of halogens is 1. The molecule has 1 amide bonds. The van der Waals surface area contributed by atoms with Gasteiger partial charge >= 0.3 is 0 Å². The quantitative estimate of drug-likeness (QED) is 0.786. The van der Waals surface area contributed by atoms with Crippen LogP contribution in [0.3, 0.4) is 0 Å². The van der Waals surface area contributed by atoms with Crippen molar-refractivity contribution in [2.24, 2.45) is 5.92 Å². The van der Waals surface area contributed by atoms with Gasteiger partial charge in [0.05, 0.1) is 19.1 Å². The highest BCUT2D eigenvalue weighted by Gasteiger charge is 2.26. The number of hydrogen-bond acceptors (Lipinski definition) is 4. The maximum absolute atomic E-state index is 12.8. The SMILES string of the molecule is COCCN(CCOc1ccc(F)cc1)C(=O)C1CCNC1. The second-order valence-corrected chi connectivity index (χ2v) is 5.31. The van der Waals surface area contributed by atoms with E-state index in [-0.39, 0.29) is 17.6 Å². The summed E-state index contributed by atoms with van der Waals surface area (Å²) >= 11 is 0. The zero-order valence-corrected chi connectivity index (χ0v) is 12.9. The number of amides is 1. The highest BCUT2D eigenvalue weighted by molar-refractivity contribution is 5.79. The van der Waals surface area contributed by atoms with E-state index < -0.39 is 0 Å². The summed E-state index contributed by atoms with van der Waals surface area (Å²) in [5, 5.41) is 3.21. The molecule has 5 nitrogen and oxygen atoms in total. The molecule has 0 aliphatic carbocycles. The highest BCUT2D eigenvalue weighted by Crippen LogP contribution is 2.13. The van der Waals surface area contributed by atoms with Gasteiger partial charge in [-0.05, 0) is 37.2 Å². The first-order valence-electron chi connectivity index (χ1n) is 7.57. The molecule has 0 bridgehead atoms. The number of nitrogens with zero attached hydrogens (tertiary/aromatic N) is 1. The van der Waals surface area contributed by atoms with Crippen molar-refractivity contribution >= 4 is 5.91 Å². The number of carbonyl (C=O) groups excluding carboxylic acids is 1. The predicted octanol–water partition coefficient (Wildman–Crippen LogP) is 1.29. The van der Waals surface area contributed by atoms with Crippen LogP contribution >= 0.6 is 0 Å². The summed E-state index contributed by atoms with van der Waals surface area (Å²) in [5.74, 6) is 0.494. The zero-order valence-electron chi connectivity index (χ0n) is 12.9. The Bertz CT molecular complexity index is 461. The Morgan fingerprint density at radius 3 is 2.68 bits per heavy atom. The molecular weight excluding hydrogens is 287 g/mol. The second kappa shape index (κ2) is 8.70. The van der Waals surface area contributed by atoms with E-state index in [1.807, 2.05) is 0 Å². The van der Waals surface area contributed by atoms with Gasteiger partial charge in [0.2, 0.25) is 5.91 Å². The molecule has 1 saturated heterocycles. The van der Waals surface area contributed by atoms with Crippen LogP contribution in [0.5, 0.6) is 5.75 Å². The van der Waals surface area contributed by atoms with Crippen molar-refractivity contribution < 1.29 is 18.7 Å². The molecule has 6 heteroatoms. The molecule has 122 valence electrons. The molecule has 1 aliphatic rings. The van der Waals surface area contributed by atoms with Crippen LogP contribution in [-0.2, 0) is 9.53 Å². The van der Waals surface area contributed by atoms with Crippen molar-refractivity contribution in [1.82, 2.24) is 10.2 Å². The minimum atomic E-state index is -0.294. The first-order chi connectivity index (χ1) is 10.7. The molecule has 1 aromatic carbocycles. The monoisotopic (exact) mass is 310 g/mol. The number of rotatable bonds is 8. The number of ether oxygens (including phenoxy) is 2. The third-order valence-corrected chi connectivity index (χ3v) is 3.73. The third kappa shape index (κ3) is 4.96. The highest BCUT2D eigenvalue weighted by atomic mass is 19.1. The van der Waals surface area contributed by atoms with Crippen LogP contribution in [0.1, 0.15) is 6.42 Å². The third-order valence-electron chi connectivity index (χ3n) is 3.73. The van der Waals surface area contributed by atoms with Crippen LogP contribution in [0.15, 0.2) is 24.3 Å². The molecule has 2 rings (SSSR count). The van der Waals surface area contributed by atoms with Gasteiger partial charge in [-0.3, -0.25) is 4.79 Å². The van der Waals surface area contributed by atoms with E-state index in [4.69, 9.17) is 9.47 Å². The molecule has 1 fully saturated rings. The Labute approximate surface area is 130 Å². The summed E-state index contributed by atoms with van der Waals surface area (Å²) in [6.07, 6.45) is 0.876. The maximum Gasteiger partial charge on any atom is 0.227 e. The molecule has 0 aromatic heterocycles. The summed E-state index contributed by atoms with van der Waals surface area (Å²) < 4.78 is 23.5. The van der Waals surface area contributed by atoms with Crippen molar-refractivity contribution in [3.05, 3.63) is 30.1 Å². The van der Waals surface area contributed by atoms with Crippen molar-refractivity contribution in [3.63, 3.8) is 0 Å². The van der Waals surface area contributed by atoms with Gasteiger partial charge in [-0.15, -0.1) is 0 Å². The number of nitrogens with one attached hydrogen (secondary N) is 1. The molecular formula is C16H23FN2O3. The Morgan fingerprint density at radius 1 is 1.32 bits per heavy atom. The molecule has 1 N–H and O–H groups in total. The lowest BCUT2D eigenvalue weighted by molar-refractivity contribution is -0.135. The van der Waals surface area contributed by atoms with E-state index in [0.29, 0.717) is 32.1 Å². The van der Waals surface area contributed by atoms with Crippen molar-refractivity contribution in [3.8, 4) is 5.75 Å². The van der Waals surface area contributed by atoms with Crippen LogP contribution < -0.4 is 10.1 Å². The number of carbonyl (C=O) groups is 1. The van der Waals surface area contributed by atoms with Crippen LogP contribution in [0, 0.1) is 11.7 Å². The van der Waals surface area contributed by atoms with E-state index in [9.17, 15) is 9.18 Å². The van der Waals surface area contributed by atoms with Gasteiger partial charge in [0, 0.05) is 20.2 Å². The van der Waals surface area contributed by atoms with Gasteiger partial charge in [0.25, 0.3) is 0 Å². The molecule has 22 heavy (non-hydrogen) atoms. The molecule has 0 spiro atoms. The largest absolute Gasteiger partial charge is 0.492 e. The lowest BCUT2D eigenvalue weighted by Crippen LogP contribution is -2.41. The van der Waals surface area contributed by atoms with Gasteiger partial charge in [0.15, 0.2) is 0 Å². The number of methoxy groups -OCH3 is 1. The average molecular weight is 310 g/mol. The van der Waals surface area contributed by atoms with Gasteiger partial charge in [-0.1, -0.05) is 0 Å². The van der Waals surface area contributed by atoms with Crippen LogP contribution in [0.25, 0.3) is 0 Å². The molecule has 0 radical (unpaired) electrons.